The summed E-state index contributed by atoms with van der Waals surface area (Å²) in [5.74, 6) is -0.162. The third-order valence-corrected chi connectivity index (χ3v) is 5.10. The number of halogens is 2. The summed E-state index contributed by atoms with van der Waals surface area (Å²) in [4.78, 5) is 14.4. The highest BCUT2D eigenvalue weighted by molar-refractivity contribution is 7.13. The highest BCUT2D eigenvalue weighted by Crippen LogP contribution is 2.30. The second-order valence-corrected chi connectivity index (χ2v) is 7.51. The van der Waals surface area contributed by atoms with Crippen LogP contribution in [-0.4, -0.2) is 35.2 Å². The molecule has 0 spiro atoms. The molecule has 122 valence electrons. The number of hydrogen-bond donors (Lipinski definition) is 1. The maximum absolute atomic E-state index is 12.2. The third kappa shape index (κ3) is 3.94. The lowest BCUT2D eigenvalue weighted by Crippen LogP contribution is -2.47. The number of piperidine rings is 1. The predicted octanol–water partition coefficient (Wildman–Crippen LogP) is 3.55. The number of benzene rings is 1. The summed E-state index contributed by atoms with van der Waals surface area (Å²) in [5.41, 5.74) is 0.946. The molecule has 1 N–H and O–H groups in total. The number of amides is 1. The predicted molar refractivity (Wildman–Crippen MR) is 93.8 cm³/mol. The lowest BCUT2D eigenvalue weighted by atomic mass is 10.0. The van der Waals surface area contributed by atoms with Gasteiger partial charge in [-0.2, -0.15) is 0 Å². The normalized spacial score (nSPS) is 18.0. The van der Waals surface area contributed by atoms with Crippen LogP contribution in [0, 0.1) is 6.92 Å². The highest BCUT2D eigenvalue weighted by Gasteiger charge is 2.24. The zero-order chi connectivity index (χ0) is 16.4. The molecule has 1 atom stereocenters. The second kappa shape index (κ2) is 7.03. The summed E-state index contributed by atoms with van der Waals surface area (Å²) >= 11 is 13.5. The van der Waals surface area contributed by atoms with Crippen LogP contribution < -0.4 is 10.2 Å². The van der Waals surface area contributed by atoms with E-state index in [9.17, 15) is 4.79 Å². The van der Waals surface area contributed by atoms with Crippen molar-refractivity contribution < 1.29 is 4.79 Å². The molecule has 1 fully saturated rings. The molecule has 1 amide bonds. The van der Waals surface area contributed by atoms with Crippen LogP contribution in [0.1, 0.15) is 27.7 Å². The van der Waals surface area contributed by atoms with Crippen LogP contribution in [-0.2, 0) is 0 Å². The van der Waals surface area contributed by atoms with Gasteiger partial charge in [-0.15, -0.1) is 10.2 Å². The van der Waals surface area contributed by atoms with Crippen LogP contribution >= 0.6 is 34.5 Å². The van der Waals surface area contributed by atoms with Crippen LogP contribution in [0.15, 0.2) is 18.2 Å². The van der Waals surface area contributed by atoms with Gasteiger partial charge in [0.1, 0.15) is 5.01 Å². The molecule has 0 saturated carbocycles. The first-order chi connectivity index (χ1) is 11.0. The minimum atomic E-state index is -0.162. The third-order valence-electron chi connectivity index (χ3n) is 3.73. The van der Waals surface area contributed by atoms with Gasteiger partial charge in [0.05, 0.1) is 10.7 Å². The van der Waals surface area contributed by atoms with E-state index in [1.807, 2.05) is 19.1 Å². The lowest BCUT2D eigenvalue weighted by Gasteiger charge is -2.35. The number of carbonyl (C=O) groups is 1. The van der Waals surface area contributed by atoms with Gasteiger partial charge < -0.3 is 10.2 Å². The molecule has 2 heterocycles. The van der Waals surface area contributed by atoms with E-state index in [0.29, 0.717) is 21.6 Å². The molecular formula is C15H16Cl2N4OS. The quantitative estimate of drug-likeness (QED) is 0.897. The maximum atomic E-state index is 12.2. The van der Waals surface area contributed by atoms with Gasteiger partial charge in [-0.25, -0.2) is 0 Å². The number of carbonyl (C=O) groups excluding carboxylic acids is 1. The first kappa shape index (κ1) is 16.5. The minimum absolute atomic E-state index is 0.0622. The van der Waals surface area contributed by atoms with Gasteiger partial charge in [0.2, 0.25) is 5.01 Å². The van der Waals surface area contributed by atoms with Crippen LogP contribution in [0.4, 0.5) is 5.69 Å². The number of hydrogen-bond acceptors (Lipinski definition) is 5. The number of aromatic nitrogens is 2. The molecule has 23 heavy (non-hydrogen) atoms. The molecule has 0 radical (unpaired) electrons. The number of aryl methyl sites for hydroxylation is 1. The van der Waals surface area contributed by atoms with Gasteiger partial charge >= 0.3 is 0 Å². The zero-order valence-electron chi connectivity index (χ0n) is 12.6. The molecule has 2 aromatic rings. The van der Waals surface area contributed by atoms with Crippen molar-refractivity contribution in [2.45, 2.75) is 25.8 Å². The fourth-order valence-electron chi connectivity index (χ4n) is 2.69. The molecule has 1 aliphatic heterocycles. The smallest absolute Gasteiger partial charge is 0.282 e. The van der Waals surface area contributed by atoms with Crippen molar-refractivity contribution in [2.75, 3.05) is 18.0 Å². The van der Waals surface area contributed by atoms with E-state index in [-0.39, 0.29) is 11.9 Å². The SMILES string of the molecule is Cc1nnc(C(=O)NC2CCCN(c3ccc(Cl)cc3Cl)C2)s1. The average Bonchev–Trinajstić information content (AvgIpc) is 2.94. The van der Waals surface area contributed by atoms with E-state index in [0.717, 1.165) is 30.1 Å². The lowest BCUT2D eigenvalue weighted by molar-refractivity contribution is 0.0932. The van der Waals surface area contributed by atoms with E-state index >= 15 is 0 Å². The summed E-state index contributed by atoms with van der Waals surface area (Å²) < 4.78 is 0. The van der Waals surface area contributed by atoms with Crippen LogP contribution in [0.25, 0.3) is 0 Å². The van der Waals surface area contributed by atoms with Crippen molar-refractivity contribution in [2.24, 2.45) is 0 Å². The van der Waals surface area contributed by atoms with E-state index in [4.69, 9.17) is 23.2 Å². The van der Waals surface area contributed by atoms with E-state index in [1.165, 1.54) is 11.3 Å². The van der Waals surface area contributed by atoms with Crippen LogP contribution in [0.3, 0.4) is 0 Å². The first-order valence-corrected chi connectivity index (χ1v) is 8.91. The number of nitrogens with zero attached hydrogens (tertiary/aromatic N) is 3. The van der Waals surface area contributed by atoms with Crippen molar-refractivity contribution >= 4 is 46.1 Å². The maximum Gasteiger partial charge on any atom is 0.282 e. The molecule has 1 saturated heterocycles. The topological polar surface area (TPSA) is 58.1 Å². The average molecular weight is 371 g/mol. The van der Waals surface area contributed by atoms with Gasteiger partial charge in [-0.05, 0) is 38.0 Å². The molecular weight excluding hydrogens is 355 g/mol. The molecule has 1 aliphatic rings. The Bertz CT molecular complexity index is 721. The summed E-state index contributed by atoms with van der Waals surface area (Å²) in [6, 6.07) is 5.55. The van der Waals surface area contributed by atoms with Crippen molar-refractivity contribution in [3.05, 3.63) is 38.3 Å². The van der Waals surface area contributed by atoms with Gasteiger partial charge in [0.15, 0.2) is 0 Å². The summed E-state index contributed by atoms with van der Waals surface area (Å²) in [5, 5.41) is 13.2. The largest absolute Gasteiger partial charge is 0.368 e. The van der Waals surface area contributed by atoms with Crippen molar-refractivity contribution in [1.82, 2.24) is 15.5 Å². The number of anilines is 1. The Morgan fingerprint density at radius 2 is 2.22 bits per heavy atom. The highest BCUT2D eigenvalue weighted by atomic mass is 35.5. The Labute approximate surface area is 148 Å². The van der Waals surface area contributed by atoms with Gasteiger partial charge in [-0.1, -0.05) is 34.5 Å². The first-order valence-electron chi connectivity index (χ1n) is 7.34. The minimum Gasteiger partial charge on any atom is -0.368 e. The van der Waals surface area contributed by atoms with E-state index in [1.54, 1.807) is 6.07 Å². The molecule has 5 nitrogen and oxygen atoms in total. The number of nitrogens with one attached hydrogen (secondary N) is 1. The summed E-state index contributed by atoms with van der Waals surface area (Å²) in [6.07, 6.45) is 1.92. The van der Waals surface area contributed by atoms with Gasteiger partial charge in [-0.3, -0.25) is 4.79 Å². The Morgan fingerprint density at radius 3 is 2.91 bits per heavy atom. The Morgan fingerprint density at radius 1 is 1.39 bits per heavy atom. The molecule has 1 aromatic heterocycles. The standard InChI is InChI=1S/C15H16Cl2N4OS/c1-9-19-20-15(23-9)14(22)18-11-3-2-6-21(8-11)13-5-4-10(16)7-12(13)17/h4-5,7,11H,2-3,6,8H2,1H3,(H,18,22). The zero-order valence-corrected chi connectivity index (χ0v) is 14.9. The van der Waals surface area contributed by atoms with Gasteiger partial charge in [0, 0.05) is 24.2 Å². The fourth-order valence-corrected chi connectivity index (χ4v) is 3.81. The Hall–Kier alpha value is -1.37. The molecule has 3 rings (SSSR count). The van der Waals surface area contributed by atoms with Crippen molar-refractivity contribution in [3.8, 4) is 0 Å². The van der Waals surface area contributed by atoms with Crippen molar-refractivity contribution in [3.63, 3.8) is 0 Å². The number of rotatable bonds is 3. The molecule has 1 unspecified atom stereocenters. The van der Waals surface area contributed by atoms with Gasteiger partial charge in [0.25, 0.3) is 5.91 Å². The summed E-state index contributed by atoms with van der Waals surface area (Å²) in [7, 11) is 0. The van der Waals surface area contributed by atoms with Crippen LogP contribution in [0.2, 0.25) is 10.0 Å². The molecule has 1 aromatic carbocycles. The molecule has 0 aliphatic carbocycles. The van der Waals surface area contributed by atoms with E-state index < -0.39 is 0 Å². The summed E-state index contributed by atoms with van der Waals surface area (Å²) in [6.45, 7) is 3.45. The van der Waals surface area contributed by atoms with E-state index in [2.05, 4.69) is 20.4 Å². The molecule has 8 heteroatoms. The molecule has 0 bridgehead atoms. The van der Waals surface area contributed by atoms with Crippen molar-refractivity contribution in [1.29, 1.82) is 0 Å². The second-order valence-electron chi connectivity index (χ2n) is 5.48. The monoisotopic (exact) mass is 370 g/mol. The Balaban J connectivity index is 1.67. The van der Waals surface area contributed by atoms with Crippen LogP contribution in [0.5, 0.6) is 0 Å². The fraction of sp³-hybridized carbons (Fsp3) is 0.400. The Kier molecular flexibility index (Phi) is 5.04.